The predicted octanol–water partition coefficient (Wildman–Crippen LogP) is 1.47. The van der Waals surface area contributed by atoms with Crippen LogP contribution in [-0.2, 0) is 15.8 Å². The molecule has 1 aliphatic heterocycles. The van der Waals surface area contributed by atoms with E-state index in [4.69, 9.17) is 0 Å². The number of nitrogens with zero attached hydrogens (tertiary/aromatic N) is 5. The van der Waals surface area contributed by atoms with Crippen molar-refractivity contribution in [2.45, 2.75) is 5.75 Å². The topological polar surface area (TPSA) is 69.6 Å². The number of aromatic nitrogens is 2. The van der Waals surface area contributed by atoms with Crippen molar-refractivity contribution < 1.29 is 17.2 Å². The summed E-state index contributed by atoms with van der Waals surface area (Å²) < 4.78 is 53.5. The van der Waals surface area contributed by atoms with Gasteiger partial charge in [-0.1, -0.05) is 0 Å². The molecule has 1 fully saturated rings. The highest BCUT2D eigenvalue weighted by atomic mass is 32.2. The van der Waals surface area contributed by atoms with Gasteiger partial charge in [-0.25, -0.2) is 17.2 Å². The molecule has 3 rings (SSSR count). The van der Waals surface area contributed by atoms with Crippen molar-refractivity contribution in [3.05, 3.63) is 47.5 Å². The molecule has 0 spiro atoms. The van der Waals surface area contributed by atoms with Gasteiger partial charge in [0.05, 0.1) is 5.75 Å². The molecule has 1 saturated heterocycles. The molecule has 0 aliphatic carbocycles. The minimum absolute atomic E-state index is 0.164. The lowest BCUT2D eigenvalue weighted by Crippen LogP contribution is -2.49. The fourth-order valence-corrected chi connectivity index (χ4v) is 4.38. The Kier molecular flexibility index (Phi) is 5.56. The largest absolute Gasteiger partial charge is 0.361 e. The molecule has 146 valence electrons. The SMILES string of the molecule is CN(C)c1ccc(N2CCN(S(=O)(=O)Cc3cc(F)ccc3F)CC2)nn1. The van der Waals surface area contributed by atoms with E-state index in [-0.39, 0.29) is 18.7 Å². The van der Waals surface area contributed by atoms with Crippen molar-refractivity contribution >= 4 is 21.7 Å². The normalized spacial score (nSPS) is 15.8. The summed E-state index contributed by atoms with van der Waals surface area (Å²) in [6.07, 6.45) is 0. The van der Waals surface area contributed by atoms with E-state index in [0.717, 1.165) is 24.0 Å². The maximum atomic E-state index is 13.8. The van der Waals surface area contributed by atoms with E-state index in [1.165, 1.54) is 4.31 Å². The van der Waals surface area contributed by atoms with Gasteiger partial charge in [0.2, 0.25) is 10.0 Å². The number of benzene rings is 1. The zero-order valence-corrected chi connectivity index (χ0v) is 16.0. The van der Waals surface area contributed by atoms with Crippen LogP contribution < -0.4 is 9.80 Å². The molecule has 27 heavy (non-hydrogen) atoms. The number of halogens is 2. The second-order valence-electron chi connectivity index (χ2n) is 6.52. The lowest BCUT2D eigenvalue weighted by atomic mass is 10.2. The third kappa shape index (κ3) is 4.51. The van der Waals surface area contributed by atoms with E-state index < -0.39 is 27.4 Å². The van der Waals surface area contributed by atoms with Gasteiger partial charge in [0, 0.05) is 45.8 Å². The van der Waals surface area contributed by atoms with E-state index in [9.17, 15) is 17.2 Å². The van der Waals surface area contributed by atoms with Crippen LogP contribution in [0.15, 0.2) is 30.3 Å². The number of sulfonamides is 1. The summed E-state index contributed by atoms with van der Waals surface area (Å²) >= 11 is 0. The smallest absolute Gasteiger partial charge is 0.218 e. The fraction of sp³-hybridized carbons (Fsp3) is 0.412. The van der Waals surface area contributed by atoms with Crippen LogP contribution >= 0.6 is 0 Å². The quantitative estimate of drug-likeness (QED) is 0.761. The van der Waals surface area contributed by atoms with Crippen LogP contribution in [0.4, 0.5) is 20.4 Å². The van der Waals surface area contributed by atoms with Gasteiger partial charge >= 0.3 is 0 Å². The van der Waals surface area contributed by atoms with E-state index in [2.05, 4.69) is 10.2 Å². The summed E-state index contributed by atoms with van der Waals surface area (Å²) in [5, 5.41) is 8.30. The van der Waals surface area contributed by atoms with Gasteiger partial charge in [-0.05, 0) is 30.3 Å². The van der Waals surface area contributed by atoms with Gasteiger partial charge in [-0.2, -0.15) is 4.31 Å². The molecule has 0 unspecified atom stereocenters. The van der Waals surface area contributed by atoms with Crippen LogP contribution in [0.5, 0.6) is 0 Å². The highest BCUT2D eigenvalue weighted by Gasteiger charge is 2.28. The lowest BCUT2D eigenvalue weighted by molar-refractivity contribution is 0.382. The van der Waals surface area contributed by atoms with Crippen LogP contribution in [0.1, 0.15) is 5.56 Å². The molecule has 10 heteroatoms. The van der Waals surface area contributed by atoms with Crippen molar-refractivity contribution in [2.24, 2.45) is 0 Å². The summed E-state index contributed by atoms with van der Waals surface area (Å²) in [5.41, 5.74) is -0.164. The van der Waals surface area contributed by atoms with Crippen LogP contribution in [-0.4, -0.2) is 63.2 Å². The fourth-order valence-electron chi connectivity index (χ4n) is 2.86. The summed E-state index contributed by atoms with van der Waals surface area (Å²) in [6.45, 7) is 1.38. The van der Waals surface area contributed by atoms with Crippen molar-refractivity contribution in [3.8, 4) is 0 Å². The minimum atomic E-state index is -3.74. The molecule has 1 aromatic heterocycles. The molecule has 0 radical (unpaired) electrons. The standard InChI is InChI=1S/C17H21F2N5O2S/c1-22(2)16-5-6-17(21-20-16)23-7-9-24(10-8-23)27(25,26)12-13-11-14(18)3-4-15(13)19/h3-6,11H,7-10,12H2,1-2H3. The Balaban J connectivity index is 1.64. The van der Waals surface area contributed by atoms with Crippen molar-refractivity contribution in [3.63, 3.8) is 0 Å². The molecule has 2 heterocycles. The molecule has 1 aliphatic rings. The third-order valence-electron chi connectivity index (χ3n) is 4.40. The first-order chi connectivity index (χ1) is 12.8. The molecule has 0 saturated carbocycles. The predicted molar refractivity (Wildman–Crippen MR) is 99.1 cm³/mol. The number of hydrogen-bond acceptors (Lipinski definition) is 6. The zero-order valence-electron chi connectivity index (χ0n) is 15.1. The maximum Gasteiger partial charge on any atom is 0.218 e. The zero-order chi connectivity index (χ0) is 19.6. The Morgan fingerprint density at radius 3 is 2.33 bits per heavy atom. The highest BCUT2D eigenvalue weighted by Crippen LogP contribution is 2.20. The highest BCUT2D eigenvalue weighted by molar-refractivity contribution is 7.88. The van der Waals surface area contributed by atoms with E-state index in [1.54, 1.807) is 0 Å². The van der Waals surface area contributed by atoms with E-state index in [1.807, 2.05) is 36.0 Å². The minimum Gasteiger partial charge on any atom is -0.361 e. The summed E-state index contributed by atoms with van der Waals surface area (Å²) in [6, 6.07) is 6.51. The number of anilines is 2. The number of piperazine rings is 1. The van der Waals surface area contributed by atoms with Crippen molar-refractivity contribution in [1.82, 2.24) is 14.5 Å². The van der Waals surface area contributed by atoms with Gasteiger partial charge < -0.3 is 9.80 Å². The van der Waals surface area contributed by atoms with Crippen LogP contribution in [0.25, 0.3) is 0 Å². The second kappa shape index (κ2) is 7.73. The summed E-state index contributed by atoms with van der Waals surface area (Å²) in [7, 11) is -0.00232. The number of hydrogen-bond donors (Lipinski definition) is 0. The molecule has 0 atom stereocenters. The molecule has 0 amide bonds. The van der Waals surface area contributed by atoms with Crippen molar-refractivity contribution in [1.29, 1.82) is 0 Å². The third-order valence-corrected chi connectivity index (χ3v) is 6.22. The molecule has 0 bridgehead atoms. The summed E-state index contributed by atoms with van der Waals surface area (Å²) in [4.78, 5) is 3.79. The van der Waals surface area contributed by atoms with E-state index in [0.29, 0.717) is 18.9 Å². The molecule has 2 aromatic rings. The first-order valence-electron chi connectivity index (χ1n) is 8.44. The Morgan fingerprint density at radius 2 is 1.74 bits per heavy atom. The van der Waals surface area contributed by atoms with Gasteiger partial charge in [0.1, 0.15) is 11.6 Å². The van der Waals surface area contributed by atoms with Gasteiger partial charge in [0.15, 0.2) is 11.6 Å². The Morgan fingerprint density at radius 1 is 1.04 bits per heavy atom. The molecular weight excluding hydrogens is 376 g/mol. The Bertz CT molecular complexity index is 898. The molecule has 7 nitrogen and oxygen atoms in total. The van der Waals surface area contributed by atoms with Crippen LogP contribution in [0.2, 0.25) is 0 Å². The van der Waals surface area contributed by atoms with Crippen molar-refractivity contribution in [2.75, 3.05) is 50.1 Å². The van der Waals surface area contributed by atoms with E-state index >= 15 is 0 Å². The van der Waals surface area contributed by atoms with Gasteiger partial charge in [-0.3, -0.25) is 0 Å². The van der Waals surface area contributed by atoms with Crippen LogP contribution in [0, 0.1) is 11.6 Å². The molecular formula is C17H21F2N5O2S. The number of rotatable bonds is 5. The van der Waals surface area contributed by atoms with Gasteiger partial charge in [-0.15, -0.1) is 10.2 Å². The Hall–Kier alpha value is -2.33. The lowest BCUT2D eigenvalue weighted by Gasteiger charge is -2.34. The second-order valence-corrected chi connectivity index (χ2v) is 8.49. The monoisotopic (exact) mass is 397 g/mol. The van der Waals surface area contributed by atoms with Gasteiger partial charge in [0.25, 0.3) is 0 Å². The molecule has 0 N–H and O–H groups in total. The molecule has 1 aromatic carbocycles. The Labute approximate surface area is 157 Å². The van der Waals surface area contributed by atoms with Crippen LogP contribution in [0.3, 0.4) is 0 Å². The average molecular weight is 397 g/mol. The first-order valence-corrected chi connectivity index (χ1v) is 10.0. The maximum absolute atomic E-state index is 13.8. The summed E-state index contributed by atoms with van der Waals surface area (Å²) in [5.74, 6) is -0.541. The average Bonchev–Trinajstić information content (AvgIpc) is 2.65. The first kappa shape index (κ1) is 19.4.